The van der Waals surface area contributed by atoms with E-state index in [0.717, 1.165) is 32.5 Å². The molecule has 17 heavy (non-hydrogen) atoms. The summed E-state index contributed by atoms with van der Waals surface area (Å²) in [5.74, 6) is 0.445. The molecule has 5 nitrogen and oxygen atoms in total. The third-order valence-electron chi connectivity index (χ3n) is 3.17. The molecule has 0 aliphatic carbocycles. The van der Waals surface area contributed by atoms with Crippen LogP contribution < -0.4 is 0 Å². The highest BCUT2D eigenvalue weighted by Crippen LogP contribution is 2.18. The second kappa shape index (κ2) is 7.63. The number of nitrogens with zero attached hydrogens (tertiary/aromatic N) is 2. The molecule has 5 heteroatoms. The zero-order valence-corrected chi connectivity index (χ0v) is 10.9. The maximum Gasteiger partial charge on any atom is 0.225 e. The fourth-order valence-electron chi connectivity index (χ4n) is 2.13. The molecule has 0 unspecified atom stereocenters. The lowest BCUT2D eigenvalue weighted by Crippen LogP contribution is -2.41. The van der Waals surface area contributed by atoms with Crippen molar-refractivity contribution < 1.29 is 14.6 Å². The van der Waals surface area contributed by atoms with E-state index in [2.05, 4.69) is 4.90 Å². The summed E-state index contributed by atoms with van der Waals surface area (Å²) in [6.45, 7) is 3.98. The number of piperidine rings is 1. The number of aliphatic hydroxyl groups excluding tert-OH is 1. The molecule has 1 N–H and O–H groups in total. The Morgan fingerprint density at radius 2 is 2.00 bits per heavy atom. The third kappa shape index (κ3) is 5.02. The molecule has 0 atom stereocenters. The summed E-state index contributed by atoms with van der Waals surface area (Å²) in [7, 11) is 3.63. The van der Waals surface area contributed by atoms with Crippen LogP contribution in [0.4, 0.5) is 0 Å². The first-order valence-electron chi connectivity index (χ1n) is 6.27. The van der Waals surface area contributed by atoms with Crippen molar-refractivity contribution >= 4 is 5.91 Å². The zero-order chi connectivity index (χ0) is 12.7. The molecule has 0 radical (unpaired) electrons. The van der Waals surface area contributed by atoms with Gasteiger partial charge in [0.1, 0.15) is 0 Å². The number of hydrogen-bond acceptors (Lipinski definition) is 4. The molecule has 0 aromatic rings. The smallest absolute Gasteiger partial charge is 0.225 e. The maximum atomic E-state index is 11.8. The van der Waals surface area contributed by atoms with Gasteiger partial charge in [0, 0.05) is 26.6 Å². The Morgan fingerprint density at radius 3 is 2.53 bits per heavy atom. The molecule has 1 saturated heterocycles. The van der Waals surface area contributed by atoms with E-state index >= 15 is 0 Å². The predicted octanol–water partition coefficient (Wildman–Crippen LogP) is -0.204. The van der Waals surface area contributed by atoms with Gasteiger partial charge in [-0.2, -0.15) is 0 Å². The summed E-state index contributed by atoms with van der Waals surface area (Å²) < 4.78 is 5.23. The molecular formula is C12H24N2O3. The molecule has 0 spiro atoms. The first kappa shape index (κ1) is 14.4. The van der Waals surface area contributed by atoms with Crippen molar-refractivity contribution in [2.45, 2.75) is 12.8 Å². The van der Waals surface area contributed by atoms with Crippen LogP contribution in [-0.4, -0.2) is 74.4 Å². The van der Waals surface area contributed by atoms with E-state index in [0.29, 0.717) is 13.2 Å². The van der Waals surface area contributed by atoms with Crippen LogP contribution in [0, 0.1) is 5.92 Å². The second-order valence-corrected chi connectivity index (χ2v) is 4.68. The lowest BCUT2D eigenvalue weighted by molar-refractivity contribution is -0.134. The second-order valence-electron chi connectivity index (χ2n) is 4.68. The van der Waals surface area contributed by atoms with Gasteiger partial charge in [0.15, 0.2) is 0 Å². The van der Waals surface area contributed by atoms with Gasteiger partial charge in [-0.3, -0.25) is 4.79 Å². The fourth-order valence-corrected chi connectivity index (χ4v) is 2.13. The number of likely N-dealkylation sites (tertiary alicyclic amines) is 1. The molecule has 1 heterocycles. The Morgan fingerprint density at radius 1 is 1.35 bits per heavy atom. The van der Waals surface area contributed by atoms with Crippen molar-refractivity contribution in [1.82, 2.24) is 9.80 Å². The van der Waals surface area contributed by atoms with Crippen LogP contribution in [0.25, 0.3) is 0 Å². The lowest BCUT2D eigenvalue weighted by atomic mass is 9.95. The fraction of sp³-hybridized carbons (Fsp3) is 0.917. The minimum Gasteiger partial charge on any atom is -0.394 e. The van der Waals surface area contributed by atoms with Gasteiger partial charge in [-0.05, 0) is 25.9 Å². The lowest BCUT2D eigenvalue weighted by Gasteiger charge is -2.32. The molecule has 1 aliphatic heterocycles. The van der Waals surface area contributed by atoms with E-state index in [1.165, 1.54) is 0 Å². The summed E-state index contributed by atoms with van der Waals surface area (Å²) >= 11 is 0. The maximum absolute atomic E-state index is 11.8. The third-order valence-corrected chi connectivity index (χ3v) is 3.17. The summed E-state index contributed by atoms with van der Waals surface area (Å²) in [4.78, 5) is 15.8. The number of ether oxygens (including phenoxy) is 1. The Kier molecular flexibility index (Phi) is 6.47. The average molecular weight is 244 g/mol. The standard InChI is InChI=1S/C12H24N2O3/c1-13(2)12(16)11-3-5-14(6-4-11)7-9-17-10-8-15/h11,15H,3-10H2,1-2H3. The van der Waals surface area contributed by atoms with Gasteiger partial charge in [0.05, 0.1) is 19.8 Å². The Bertz CT molecular complexity index is 226. The summed E-state index contributed by atoms with van der Waals surface area (Å²) in [6.07, 6.45) is 1.88. The van der Waals surface area contributed by atoms with E-state index < -0.39 is 0 Å². The van der Waals surface area contributed by atoms with Crippen molar-refractivity contribution in [1.29, 1.82) is 0 Å². The Hall–Kier alpha value is -0.650. The first-order chi connectivity index (χ1) is 8.15. The van der Waals surface area contributed by atoms with Gasteiger partial charge >= 0.3 is 0 Å². The van der Waals surface area contributed by atoms with E-state index in [-0.39, 0.29) is 18.4 Å². The van der Waals surface area contributed by atoms with Crippen molar-refractivity contribution in [2.75, 3.05) is 53.6 Å². The van der Waals surface area contributed by atoms with Crippen LogP contribution in [0.15, 0.2) is 0 Å². The minimum absolute atomic E-state index is 0.0827. The predicted molar refractivity (Wildman–Crippen MR) is 65.8 cm³/mol. The topological polar surface area (TPSA) is 53.0 Å². The molecule has 100 valence electrons. The van der Waals surface area contributed by atoms with Gasteiger partial charge in [-0.15, -0.1) is 0 Å². The quantitative estimate of drug-likeness (QED) is 0.657. The first-order valence-corrected chi connectivity index (χ1v) is 6.27. The highest BCUT2D eigenvalue weighted by molar-refractivity contribution is 5.78. The van der Waals surface area contributed by atoms with Crippen molar-refractivity contribution in [3.05, 3.63) is 0 Å². The van der Waals surface area contributed by atoms with E-state index in [9.17, 15) is 4.79 Å². The summed E-state index contributed by atoms with van der Waals surface area (Å²) in [5, 5.41) is 8.57. The number of aliphatic hydroxyl groups is 1. The number of hydrogen-bond donors (Lipinski definition) is 1. The van der Waals surface area contributed by atoms with E-state index in [1.807, 2.05) is 14.1 Å². The molecular weight excluding hydrogens is 220 g/mol. The van der Waals surface area contributed by atoms with Gasteiger partial charge in [0.25, 0.3) is 0 Å². The number of amides is 1. The summed E-state index contributed by atoms with van der Waals surface area (Å²) in [6, 6.07) is 0. The molecule has 0 aromatic carbocycles. The molecule has 1 rings (SSSR count). The van der Waals surface area contributed by atoms with E-state index in [4.69, 9.17) is 9.84 Å². The molecule has 0 saturated carbocycles. The SMILES string of the molecule is CN(C)C(=O)C1CCN(CCOCCO)CC1. The van der Waals surface area contributed by atoms with Gasteiger partial charge in [-0.25, -0.2) is 0 Å². The number of rotatable bonds is 6. The average Bonchev–Trinajstić information content (AvgIpc) is 2.34. The van der Waals surface area contributed by atoms with Crippen molar-refractivity contribution in [2.24, 2.45) is 5.92 Å². The normalized spacial score (nSPS) is 18.3. The zero-order valence-electron chi connectivity index (χ0n) is 10.9. The Labute approximate surface area is 103 Å². The van der Waals surface area contributed by atoms with Crippen LogP contribution in [0.1, 0.15) is 12.8 Å². The van der Waals surface area contributed by atoms with Crippen molar-refractivity contribution in [3.63, 3.8) is 0 Å². The highest BCUT2D eigenvalue weighted by Gasteiger charge is 2.25. The number of carbonyl (C=O) groups excluding carboxylic acids is 1. The molecule has 1 amide bonds. The molecule has 0 bridgehead atoms. The van der Waals surface area contributed by atoms with E-state index in [1.54, 1.807) is 4.90 Å². The van der Waals surface area contributed by atoms with Crippen LogP contribution in [-0.2, 0) is 9.53 Å². The minimum atomic E-state index is 0.0827. The van der Waals surface area contributed by atoms with Crippen molar-refractivity contribution in [3.8, 4) is 0 Å². The van der Waals surface area contributed by atoms with Gasteiger partial charge in [0.2, 0.25) is 5.91 Å². The van der Waals surface area contributed by atoms with Crippen LogP contribution >= 0.6 is 0 Å². The van der Waals surface area contributed by atoms with Crippen LogP contribution in [0.2, 0.25) is 0 Å². The molecule has 1 aliphatic rings. The molecule has 0 aromatic heterocycles. The van der Waals surface area contributed by atoms with Gasteiger partial charge < -0.3 is 19.6 Å². The van der Waals surface area contributed by atoms with Gasteiger partial charge in [-0.1, -0.05) is 0 Å². The molecule has 1 fully saturated rings. The van der Waals surface area contributed by atoms with Crippen LogP contribution in [0.5, 0.6) is 0 Å². The Balaban J connectivity index is 2.15. The largest absolute Gasteiger partial charge is 0.394 e. The highest BCUT2D eigenvalue weighted by atomic mass is 16.5. The monoisotopic (exact) mass is 244 g/mol. The van der Waals surface area contributed by atoms with Crippen LogP contribution in [0.3, 0.4) is 0 Å². The summed E-state index contributed by atoms with van der Waals surface area (Å²) in [5.41, 5.74) is 0. The number of carbonyl (C=O) groups is 1.